The van der Waals surface area contributed by atoms with Crippen LogP contribution in [0.4, 0.5) is 4.39 Å². The molecule has 178 valence electrons. The van der Waals surface area contributed by atoms with Crippen LogP contribution in [0.1, 0.15) is 27.6 Å². The standard InChI is InChI=1S/C22H25FN2O6S2/c23-20-4-2-1-3-19(20)21-9-10-24(13-16-32(21,27)28)22(26)17-5-7-18(8-6-17)33(29,30)25-11-14-31-15-12-25/h1-8,21H,9-16H2. The summed E-state index contributed by atoms with van der Waals surface area (Å²) in [6.45, 7) is 1.34. The van der Waals surface area contributed by atoms with E-state index in [9.17, 15) is 26.0 Å². The first kappa shape index (κ1) is 23.8. The van der Waals surface area contributed by atoms with Gasteiger partial charge in [0.25, 0.3) is 5.91 Å². The second kappa shape index (κ2) is 9.49. The van der Waals surface area contributed by atoms with Crippen LogP contribution in [0.5, 0.6) is 0 Å². The number of halogens is 1. The highest BCUT2D eigenvalue weighted by Crippen LogP contribution is 2.31. The van der Waals surface area contributed by atoms with E-state index in [4.69, 9.17) is 4.74 Å². The fraction of sp³-hybridized carbons (Fsp3) is 0.409. The highest BCUT2D eigenvalue weighted by atomic mass is 32.2. The van der Waals surface area contributed by atoms with E-state index in [0.29, 0.717) is 13.2 Å². The maximum atomic E-state index is 14.2. The smallest absolute Gasteiger partial charge is 0.253 e. The fourth-order valence-electron chi connectivity index (χ4n) is 4.12. The summed E-state index contributed by atoms with van der Waals surface area (Å²) in [4.78, 5) is 14.5. The van der Waals surface area contributed by atoms with Crippen LogP contribution in [0.3, 0.4) is 0 Å². The lowest BCUT2D eigenvalue weighted by Crippen LogP contribution is -2.40. The number of sulfone groups is 1. The van der Waals surface area contributed by atoms with Crippen molar-refractivity contribution in [2.75, 3.05) is 45.1 Å². The SMILES string of the molecule is O=C(c1ccc(S(=O)(=O)N2CCOCC2)cc1)N1CCC(c2ccccc2F)S(=O)(=O)CC1. The molecule has 1 amide bonds. The van der Waals surface area contributed by atoms with Crippen molar-refractivity contribution in [3.63, 3.8) is 0 Å². The van der Waals surface area contributed by atoms with Gasteiger partial charge >= 0.3 is 0 Å². The van der Waals surface area contributed by atoms with Crippen LogP contribution in [-0.4, -0.2) is 77.1 Å². The number of carbonyl (C=O) groups excluding carboxylic acids is 1. The van der Waals surface area contributed by atoms with Crippen molar-refractivity contribution in [2.24, 2.45) is 0 Å². The van der Waals surface area contributed by atoms with E-state index in [2.05, 4.69) is 0 Å². The molecule has 0 spiro atoms. The molecule has 2 aromatic carbocycles. The first-order valence-electron chi connectivity index (χ1n) is 10.6. The number of morpholine rings is 1. The van der Waals surface area contributed by atoms with Gasteiger partial charge in [0.2, 0.25) is 10.0 Å². The zero-order valence-corrected chi connectivity index (χ0v) is 19.5. The Bertz CT molecular complexity index is 1230. The van der Waals surface area contributed by atoms with Gasteiger partial charge in [0, 0.05) is 37.3 Å². The number of sulfonamides is 1. The lowest BCUT2D eigenvalue weighted by molar-refractivity contribution is 0.0730. The molecule has 2 aromatic rings. The van der Waals surface area contributed by atoms with Crippen molar-refractivity contribution in [2.45, 2.75) is 16.6 Å². The van der Waals surface area contributed by atoms with E-state index in [1.807, 2.05) is 0 Å². The molecule has 11 heteroatoms. The highest BCUT2D eigenvalue weighted by Gasteiger charge is 2.34. The Hall–Kier alpha value is -2.34. The summed E-state index contributed by atoms with van der Waals surface area (Å²) in [7, 11) is -7.33. The second-order valence-electron chi connectivity index (χ2n) is 8.00. The normalized spacial score (nSPS) is 22.0. The zero-order valence-electron chi connectivity index (χ0n) is 17.9. The molecule has 2 aliphatic heterocycles. The fourth-order valence-corrected chi connectivity index (χ4v) is 7.33. The largest absolute Gasteiger partial charge is 0.379 e. The summed E-state index contributed by atoms with van der Waals surface area (Å²) < 4.78 is 71.9. The third-order valence-electron chi connectivity index (χ3n) is 5.99. The van der Waals surface area contributed by atoms with Gasteiger partial charge in [0.05, 0.1) is 29.1 Å². The van der Waals surface area contributed by atoms with Crippen molar-refractivity contribution < 1.29 is 30.8 Å². The monoisotopic (exact) mass is 496 g/mol. The lowest BCUT2D eigenvalue weighted by atomic mass is 10.1. The number of benzene rings is 2. The van der Waals surface area contributed by atoms with Crippen molar-refractivity contribution in [3.8, 4) is 0 Å². The molecule has 0 aliphatic carbocycles. The lowest BCUT2D eigenvalue weighted by Gasteiger charge is -2.26. The van der Waals surface area contributed by atoms with Crippen molar-refractivity contribution in [3.05, 3.63) is 65.5 Å². The number of hydrogen-bond acceptors (Lipinski definition) is 6. The first-order chi connectivity index (χ1) is 15.7. The van der Waals surface area contributed by atoms with Crippen LogP contribution in [-0.2, 0) is 24.6 Å². The molecule has 1 atom stereocenters. The molecular formula is C22H25FN2O6S2. The van der Waals surface area contributed by atoms with Crippen LogP contribution in [0.25, 0.3) is 0 Å². The van der Waals surface area contributed by atoms with E-state index >= 15 is 0 Å². The quantitative estimate of drug-likeness (QED) is 0.640. The topological polar surface area (TPSA) is 101 Å². The minimum absolute atomic E-state index is 0.0139. The Kier molecular flexibility index (Phi) is 6.85. The van der Waals surface area contributed by atoms with Crippen LogP contribution >= 0.6 is 0 Å². The predicted molar refractivity (Wildman–Crippen MR) is 119 cm³/mol. The molecule has 0 aromatic heterocycles. The van der Waals surface area contributed by atoms with E-state index in [-0.39, 0.29) is 54.4 Å². The summed E-state index contributed by atoms with van der Waals surface area (Å²) in [6, 6.07) is 11.4. The molecule has 8 nitrogen and oxygen atoms in total. The molecule has 2 aliphatic rings. The Morgan fingerprint density at radius 1 is 0.970 bits per heavy atom. The molecular weight excluding hydrogens is 471 g/mol. The molecule has 0 bridgehead atoms. The summed E-state index contributed by atoms with van der Waals surface area (Å²) in [6.07, 6.45) is 0.0818. The summed E-state index contributed by atoms with van der Waals surface area (Å²) in [5, 5.41) is -1.02. The number of ether oxygens (including phenoxy) is 1. The molecule has 0 radical (unpaired) electrons. The molecule has 4 rings (SSSR count). The van der Waals surface area contributed by atoms with Gasteiger partial charge in [-0.05, 0) is 36.8 Å². The Morgan fingerprint density at radius 2 is 1.64 bits per heavy atom. The van der Waals surface area contributed by atoms with E-state index in [1.54, 1.807) is 6.07 Å². The maximum absolute atomic E-state index is 14.2. The average molecular weight is 497 g/mol. The van der Waals surface area contributed by atoms with E-state index in [0.717, 1.165) is 0 Å². The van der Waals surface area contributed by atoms with E-state index < -0.39 is 36.8 Å². The molecule has 2 saturated heterocycles. The van der Waals surface area contributed by atoms with Gasteiger partial charge in [-0.15, -0.1) is 0 Å². The molecule has 1 unspecified atom stereocenters. The average Bonchev–Trinajstić information content (AvgIpc) is 2.97. The van der Waals surface area contributed by atoms with Crippen LogP contribution in [0, 0.1) is 5.82 Å². The molecule has 2 fully saturated rings. The zero-order chi connectivity index (χ0) is 23.6. The van der Waals surface area contributed by atoms with Crippen LogP contribution < -0.4 is 0 Å². The Balaban J connectivity index is 1.50. The van der Waals surface area contributed by atoms with Crippen LogP contribution in [0.15, 0.2) is 53.4 Å². The van der Waals surface area contributed by atoms with E-state index in [1.165, 1.54) is 51.7 Å². The Labute approximate surface area is 192 Å². The number of amides is 1. The van der Waals surface area contributed by atoms with Gasteiger partial charge < -0.3 is 9.64 Å². The molecule has 2 heterocycles. The van der Waals surface area contributed by atoms with Gasteiger partial charge in [-0.2, -0.15) is 4.31 Å². The number of hydrogen-bond donors (Lipinski definition) is 0. The molecule has 0 N–H and O–H groups in total. The summed E-state index contributed by atoms with van der Waals surface area (Å²) in [5.41, 5.74) is 0.377. The van der Waals surface area contributed by atoms with Crippen LogP contribution in [0.2, 0.25) is 0 Å². The van der Waals surface area contributed by atoms with Crippen molar-refractivity contribution in [1.82, 2.24) is 9.21 Å². The number of rotatable bonds is 4. The summed E-state index contributed by atoms with van der Waals surface area (Å²) >= 11 is 0. The number of carbonyl (C=O) groups is 1. The third-order valence-corrected chi connectivity index (χ3v) is 10.0. The number of nitrogens with zero attached hydrogens (tertiary/aromatic N) is 2. The van der Waals surface area contributed by atoms with Gasteiger partial charge in [-0.25, -0.2) is 21.2 Å². The van der Waals surface area contributed by atoms with Gasteiger partial charge in [0.1, 0.15) is 5.82 Å². The highest BCUT2D eigenvalue weighted by molar-refractivity contribution is 7.91. The van der Waals surface area contributed by atoms with Gasteiger partial charge in [-0.3, -0.25) is 4.79 Å². The maximum Gasteiger partial charge on any atom is 0.253 e. The van der Waals surface area contributed by atoms with Gasteiger partial charge in [0.15, 0.2) is 9.84 Å². The Morgan fingerprint density at radius 3 is 2.30 bits per heavy atom. The summed E-state index contributed by atoms with van der Waals surface area (Å²) in [5.74, 6) is -1.25. The second-order valence-corrected chi connectivity index (χ2v) is 12.2. The minimum atomic E-state index is -3.68. The molecule has 33 heavy (non-hydrogen) atoms. The predicted octanol–water partition coefficient (Wildman–Crippen LogP) is 1.85. The van der Waals surface area contributed by atoms with Gasteiger partial charge in [-0.1, -0.05) is 18.2 Å². The molecule has 0 saturated carbocycles. The third kappa shape index (κ3) is 4.96. The first-order valence-corrected chi connectivity index (χ1v) is 13.8. The van der Waals surface area contributed by atoms with Crippen molar-refractivity contribution in [1.29, 1.82) is 0 Å². The van der Waals surface area contributed by atoms with Crippen molar-refractivity contribution >= 4 is 25.8 Å². The minimum Gasteiger partial charge on any atom is -0.379 e.